The molecule has 0 spiro atoms. The molecule has 1 aliphatic carbocycles. The lowest BCUT2D eigenvalue weighted by molar-refractivity contribution is 0.572. The van der Waals surface area contributed by atoms with Gasteiger partial charge < -0.3 is 5.73 Å². The van der Waals surface area contributed by atoms with Crippen molar-refractivity contribution in [2.45, 2.75) is 30.6 Å². The summed E-state index contributed by atoms with van der Waals surface area (Å²) in [6, 6.07) is 4.51. The third-order valence-electron chi connectivity index (χ3n) is 3.28. The van der Waals surface area contributed by atoms with Crippen LogP contribution >= 0.6 is 23.8 Å². The SMILES string of the molecule is NC(=S)c1ccc(Cl)c(S(=O)(=O)NCCCC2CC2)c1. The second kappa shape index (κ2) is 6.39. The summed E-state index contributed by atoms with van der Waals surface area (Å²) in [5.41, 5.74) is 6.00. The van der Waals surface area contributed by atoms with E-state index in [2.05, 4.69) is 4.72 Å². The van der Waals surface area contributed by atoms with E-state index in [0.29, 0.717) is 12.1 Å². The van der Waals surface area contributed by atoms with E-state index < -0.39 is 10.0 Å². The van der Waals surface area contributed by atoms with Crippen LogP contribution in [0.1, 0.15) is 31.2 Å². The molecule has 0 aliphatic heterocycles. The molecule has 0 heterocycles. The van der Waals surface area contributed by atoms with Gasteiger partial charge in [0.15, 0.2) is 0 Å². The Morgan fingerprint density at radius 2 is 2.15 bits per heavy atom. The normalized spacial score (nSPS) is 15.2. The van der Waals surface area contributed by atoms with Crippen molar-refractivity contribution >= 4 is 38.8 Å². The summed E-state index contributed by atoms with van der Waals surface area (Å²) in [6.45, 7) is 0.423. The molecule has 0 saturated heterocycles. The summed E-state index contributed by atoms with van der Waals surface area (Å²) in [5.74, 6) is 0.793. The van der Waals surface area contributed by atoms with Gasteiger partial charge in [0.2, 0.25) is 10.0 Å². The molecule has 1 fully saturated rings. The molecular formula is C13H17ClN2O2S2. The molecule has 2 rings (SSSR count). The van der Waals surface area contributed by atoms with Gasteiger partial charge in [-0.15, -0.1) is 0 Å². The summed E-state index contributed by atoms with van der Waals surface area (Å²) in [4.78, 5) is 0.169. The summed E-state index contributed by atoms with van der Waals surface area (Å²) >= 11 is 10.8. The maximum atomic E-state index is 12.2. The molecule has 1 saturated carbocycles. The van der Waals surface area contributed by atoms with Crippen LogP contribution < -0.4 is 10.5 Å². The fraction of sp³-hybridized carbons (Fsp3) is 0.462. The van der Waals surface area contributed by atoms with E-state index in [1.807, 2.05) is 0 Å². The zero-order valence-corrected chi connectivity index (χ0v) is 13.3. The van der Waals surface area contributed by atoms with Crippen molar-refractivity contribution in [3.8, 4) is 0 Å². The highest BCUT2D eigenvalue weighted by molar-refractivity contribution is 7.89. The van der Waals surface area contributed by atoms with Crippen molar-refractivity contribution < 1.29 is 8.42 Å². The number of hydrogen-bond donors (Lipinski definition) is 2. The Morgan fingerprint density at radius 3 is 2.75 bits per heavy atom. The van der Waals surface area contributed by atoms with Crippen LogP contribution in [-0.2, 0) is 10.0 Å². The van der Waals surface area contributed by atoms with Crippen LogP contribution in [0.25, 0.3) is 0 Å². The number of halogens is 1. The first-order valence-corrected chi connectivity index (χ1v) is 8.76. The third kappa shape index (κ3) is 4.15. The van der Waals surface area contributed by atoms with Crippen LogP contribution in [0.2, 0.25) is 5.02 Å². The van der Waals surface area contributed by atoms with E-state index in [9.17, 15) is 8.42 Å². The Balaban J connectivity index is 2.06. The maximum Gasteiger partial charge on any atom is 0.242 e. The zero-order valence-electron chi connectivity index (χ0n) is 10.9. The molecule has 0 radical (unpaired) electrons. The topological polar surface area (TPSA) is 72.2 Å². The van der Waals surface area contributed by atoms with Crippen molar-refractivity contribution in [3.63, 3.8) is 0 Å². The van der Waals surface area contributed by atoms with E-state index in [1.165, 1.54) is 25.0 Å². The van der Waals surface area contributed by atoms with Gasteiger partial charge in [0, 0.05) is 12.1 Å². The number of benzene rings is 1. The lowest BCUT2D eigenvalue weighted by Gasteiger charge is -2.09. The molecule has 4 nitrogen and oxygen atoms in total. The van der Waals surface area contributed by atoms with Crippen molar-refractivity contribution in [2.75, 3.05) is 6.54 Å². The van der Waals surface area contributed by atoms with Crippen LogP contribution in [0.3, 0.4) is 0 Å². The summed E-state index contributed by atoms with van der Waals surface area (Å²) in [6.07, 6.45) is 4.46. The molecule has 1 aromatic carbocycles. The van der Waals surface area contributed by atoms with Gasteiger partial charge in [-0.05, 0) is 30.9 Å². The van der Waals surface area contributed by atoms with E-state index in [-0.39, 0.29) is 14.9 Å². The van der Waals surface area contributed by atoms with Crippen molar-refractivity contribution in [1.82, 2.24) is 4.72 Å². The molecule has 0 aromatic heterocycles. The Morgan fingerprint density at radius 1 is 1.45 bits per heavy atom. The lowest BCUT2D eigenvalue weighted by atomic mass is 10.2. The van der Waals surface area contributed by atoms with E-state index in [0.717, 1.165) is 18.8 Å². The second-order valence-electron chi connectivity index (χ2n) is 4.99. The monoisotopic (exact) mass is 332 g/mol. The Kier molecular flexibility index (Phi) is 5.01. The van der Waals surface area contributed by atoms with Gasteiger partial charge in [-0.2, -0.15) is 0 Å². The summed E-state index contributed by atoms with van der Waals surface area (Å²) in [5, 5.41) is 0.166. The maximum absolute atomic E-state index is 12.2. The largest absolute Gasteiger partial charge is 0.389 e. The van der Waals surface area contributed by atoms with Gasteiger partial charge in [0.1, 0.15) is 9.88 Å². The van der Waals surface area contributed by atoms with E-state index in [1.54, 1.807) is 6.07 Å². The molecule has 0 atom stereocenters. The minimum Gasteiger partial charge on any atom is -0.389 e. The quantitative estimate of drug-likeness (QED) is 0.594. The number of thiocarbonyl (C=S) groups is 1. The Labute approximate surface area is 129 Å². The molecule has 3 N–H and O–H groups in total. The van der Waals surface area contributed by atoms with Gasteiger partial charge in [-0.3, -0.25) is 0 Å². The fourth-order valence-corrected chi connectivity index (χ4v) is 3.67. The van der Waals surface area contributed by atoms with Crippen molar-refractivity contribution in [2.24, 2.45) is 11.7 Å². The highest BCUT2D eigenvalue weighted by Gasteiger charge is 2.22. The number of rotatable bonds is 7. The first kappa shape index (κ1) is 15.7. The standard InChI is InChI=1S/C13H17ClN2O2S2/c14-11-6-5-10(13(15)19)8-12(11)20(17,18)16-7-1-2-9-3-4-9/h5-6,8-9,16H,1-4,7H2,(H2,15,19). The molecule has 7 heteroatoms. The predicted molar refractivity (Wildman–Crippen MR) is 84.5 cm³/mol. The van der Waals surface area contributed by atoms with E-state index >= 15 is 0 Å². The van der Waals surface area contributed by atoms with Crippen molar-refractivity contribution in [1.29, 1.82) is 0 Å². The highest BCUT2D eigenvalue weighted by Crippen LogP contribution is 2.33. The van der Waals surface area contributed by atoms with E-state index in [4.69, 9.17) is 29.6 Å². The molecule has 0 bridgehead atoms. The number of sulfonamides is 1. The number of hydrogen-bond acceptors (Lipinski definition) is 3. The highest BCUT2D eigenvalue weighted by atomic mass is 35.5. The number of nitrogens with one attached hydrogen (secondary N) is 1. The Hall–Kier alpha value is -0.690. The van der Waals surface area contributed by atoms with Gasteiger partial charge in [-0.1, -0.05) is 42.7 Å². The van der Waals surface area contributed by atoms with Crippen LogP contribution in [0.4, 0.5) is 0 Å². The Bertz CT molecular complexity index is 613. The number of nitrogens with two attached hydrogens (primary N) is 1. The molecule has 1 aliphatic rings. The molecule has 110 valence electrons. The summed E-state index contributed by atoms with van der Waals surface area (Å²) < 4.78 is 27.0. The minimum atomic E-state index is -3.62. The van der Waals surface area contributed by atoms with Crippen LogP contribution in [-0.4, -0.2) is 20.0 Å². The lowest BCUT2D eigenvalue weighted by Crippen LogP contribution is -2.25. The molecular weight excluding hydrogens is 316 g/mol. The fourth-order valence-electron chi connectivity index (χ4n) is 1.94. The predicted octanol–water partition coefficient (Wildman–Crippen LogP) is 2.44. The van der Waals surface area contributed by atoms with Gasteiger partial charge in [0.25, 0.3) is 0 Å². The van der Waals surface area contributed by atoms with Crippen molar-refractivity contribution in [3.05, 3.63) is 28.8 Å². The van der Waals surface area contributed by atoms with Crippen LogP contribution in [0.5, 0.6) is 0 Å². The zero-order chi connectivity index (χ0) is 14.8. The van der Waals surface area contributed by atoms with Gasteiger partial charge in [-0.25, -0.2) is 13.1 Å². The smallest absolute Gasteiger partial charge is 0.242 e. The average molecular weight is 333 g/mol. The van der Waals surface area contributed by atoms with Crippen LogP contribution in [0, 0.1) is 5.92 Å². The van der Waals surface area contributed by atoms with Crippen LogP contribution in [0.15, 0.2) is 23.1 Å². The third-order valence-corrected chi connectivity index (χ3v) is 5.46. The van der Waals surface area contributed by atoms with Gasteiger partial charge in [0.05, 0.1) is 5.02 Å². The molecule has 0 unspecified atom stereocenters. The minimum absolute atomic E-state index is 0.0240. The summed E-state index contributed by atoms with van der Waals surface area (Å²) in [7, 11) is -3.62. The van der Waals surface area contributed by atoms with Gasteiger partial charge >= 0.3 is 0 Å². The molecule has 0 amide bonds. The second-order valence-corrected chi connectivity index (χ2v) is 7.58. The molecule has 20 heavy (non-hydrogen) atoms. The molecule has 1 aromatic rings. The first-order valence-electron chi connectivity index (χ1n) is 6.49. The first-order chi connectivity index (χ1) is 9.40. The average Bonchev–Trinajstić information content (AvgIpc) is 3.18.